The van der Waals surface area contributed by atoms with Crippen molar-refractivity contribution in [2.75, 3.05) is 13.2 Å². The summed E-state index contributed by atoms with van der Waals surface area (Å²) in [6.45, 7) is 0.578. The van der Waals surface area contributed by atoms with E-state index in [0.717, 1.165) is 4.90 Å². The van der Waals surface area contributed by atoms with Crippen LogP contribution in [-0.2, 0) is 11.2 Å². The lowest BCUT2D eigenvalue weighted by Gasteiger charge is -2.21. The highest BCUT2D eigenvalue weighted by Crippen LogP contribution is 2.32. The number of aliphatic hydroxyl groups excluding tert-OH is 1. The highest BCUT2D eigenvalue weighted by molar-refractivity contribution is 5.79. The van der Waals surface area contributed by atoms with Gasteiger partial charge in [0.25, 0.3) is 5.92 Å². The number of aryl methyl sites for hydroxylation is 1. The minimum absolute atomic E-state index is 0.0933. The number of hydrogen-bond acceptors (Lipinski definition) is 4. The van der Waals surface area contributed by atoms with Crippen molar-refractivity contribution in [3.8, 4) is 0 Å². The number of carbonyl (C=O) groups is 1. The van der Waals surface area contributed by atoms with Crippen LogP contribution in [-0.4, -0.2) is 46.2 Å². The van der Waals surface area contributed by atoms with Crippen molar-refractivity contribution < 1.29 is 23.2 Å². The minimum atomic E-state index is -2.93. The second-order valence-corrected chi connectivity index (χ2v) is 4.52. The van der Waals surface area contributed by atoms with Gasteiger partial charge >= 0.3 is 0 Å². The van der Waals surface area contributed by atoms with Gasteiger partial charge in [-0.3, -0.25) is 4.79 Å². The molecule has 7 heteroatoms. The SMILES string of the molecule is Cc1cc(CC(=O)N2CC(F)(F)CC2CO)no1. The van der Waals surface area contributed by atoms with Crippen molar-refractivity contribution in [2.24, 2.45) is 0 Å². The summed E-state index contributed by atoms with van der Waals surface area (Å²) in [6.07, 6.45) is -0.586. The smallest absolute Gasteiger partial charge is 0.267 e. The highest BCUT2D eigenvalue weighted by Gasteiger charge is 2.46. The maximum Gasteiger partial charge on any atom is 0.267 e. The first-order valence-corrected chi connectivity index (χ1v) is 5.61. The first kappa shape index (κ1) is 12.9. The topological polar surface area (TPSA) is 66.6 Å². The lowest BCUT2D eigenvalue weighted by Crippen LogP contribution is -2.39. The fourth-order valence-corrected chi connectivity index (χ4v) is 2.11. The van der Waals surface area contributed by atoms with Crippen LogP contribution in [0, 0.1) is 6.92 Å². The molecule has 1 unspecified atom stereocenters. The zero-order chi connectivity index (χ0) is 13.3. The van der Waals surface area contributed by atoms with Gasteiger partial charge in [-0.2, -0.15) is 0 Å². The number of amides is 1. The third kappa shape index (κ3) is 2.66. The van der Waals surface area contributed by atoms with Crippen molar-refractivity contribution in [2.45, 2.75) is 31.7 Å². The number of rotatable bonds is 3. The van der Waals surface area contributed by atoms with Crippen molar-refractivity contribution in [3.05, 3.63) is 17.5 Å². The Bertz CT molecular complexity index is 447. The fourth-order valence-electron chi connectivity index (χ4n) is 2.11. The Morgan fingerprint density at radius 2 is 2.44 bits per heavy atom. The molecule has 1 atom stereocenters. The molecule has 0 spiro atoms. The molecule has 1 fully saturated rings. The number of alkyl halides is 2. The molecule has 1 aromatic rings. The summed E-state index contributed by atoms with van der Waals surface area (Å²) in [7, 11) is 0. The van der Waals surface area contributed by atoms with E-state index in [9.17, 15) is 13.6 Å². The summed E-state index contributed by atoms with van der Waals surface area (Å²) in [6, 6.07) is 0.764. The number of halogens is 2. The zero-order valence-corrected chi connectivity index (χ0v) is 9.90. The molecular formula is C11H14F2N2O3. The Balaban J connectivity index is 2.04. The summed E-state index contributed by atoms with van der Waals surface area (Å²) in [5.74, 6) is -2.84. The maximum absolute atomic E-state index is 13.2. The minimum Gasteiger partial charge on any atom is -0.394 e. The summed E-state index contributed by atoms with van der Waals surface area (Å²) in [4.78, 5) is 12.9. The third-order valence-electron chi connectivity index (χ3n) is 2.92. The number of nitrogens with zero attached hydrogens (tertiary/aromatic N) is 2. The number of aliphatic hydroxyl groups is 1. The van der Waals surface area contributed by atoms with E-state index in [4.69, 9.17) is 9.63 Å². The third-order valence-corrected chi connectivity index (χ3v) is 2.92. The summed E-state index contributed by atoms with van der Waals surface area (Å²) >= 11 is 0. The summed E-state index contributed by atoms with van der Waals surface area (Å²) in [5, 5.41) is 12.7. The Morgan fingerprint density at radius 3 is 3.00 bits per heavy atom. The van der Waals surface area contributed by atoms with E-state index in [1.807, 2.05) is 0 Å². The van der Waals surface area contributed by atoms with Gasteiger partial charge < -0.3 is 14.5 Å². The largest absolute Gasteiger partial charge is 0.394 e. The van der Waals surface area contributed by atoms with Gasteiger partial charge in [0, 0.05) is 12.5 Å². The molecule has 1 saturated heterocycles. The van der Waals surface area contributed by atoms with Crippen LogP contribution in [0.2, 0.25) is 0 Å². The lowest BCUT2D eigenvalue weighted by molar-refractivity contribution is -0.133. The van der Waals surface area contributed by atoms with E-state index in [1.165, 1.54) is 0 Å². The first-order valence-electron chi connectivity index (χ1n) is 5.61. The predicted molar refractivity (Wildman–Crippen MR) is 57.1 cm³/mol. The molecule has 5 nitrogen and oxygen atoms in total. The average molecular weight is 260 g/mol. The van der Waals surface area contributed by atoms with E-state index in [-0.39, 0.29) is 6.42 Å². The number of carbonyl (C=O) groups excluding carboxylic acids is 1. The molecule has 0 aromatic carbocycles. The van der Waals surface area contributed by atoms with E-state index in [2.05, 4.69) is 5.16 Å². The van der Waals surface area contributed by atoms with Crippen LogP contribution in [0.5, 0.6) is 0 Å². The van der Waals surface area contributed by atoms with Gasteiger partial charge in [0.2, 0.25) is 5.91 Å². The average Bonchev–Trinajstić information content (AvgIpc) is 2.81. The maximum atomic E-state index is 13.2. The number of hydrogen-bond donors (Lipinski definition) is 1. The number of likely N-dealkylation sites (tertiary alicyclic amines) is 1. The highest BCUT2D eigenvalue weighted by atomic mass is 19.3. The van der Waals surface area contributed by atoms with E-state index < -0.39 is 37.4 Å². The van der Waals surface area contributed by atoms with Crippen LogP contribution in [0.3, 0.4) is 0 Å². The Hall–Kier alpha value is -1.50. The van der Waals surface area contributed by atoms with Crippen LogP contribution in [0.25, 0.3) is 0 Å². The van der Waals surface area contributed by atoms with Crippen molar-refractivity contribution in [3.63, 3.8) is 0 Å². The quantitative estimate of drug-likeness (QED) is 0.871. The Kier molecular flexibility index (Phi) is 3.34. The van der Waals surface area contributed by atoms with E-state index >= 15 is 0 Å². The monoisotopic (exact) mass is 260 g/mol. The van der Waals surface area contributed by atoms with Crippen molar-refractivity contribution in [1.82, 2.24) is 10.1 Å². The molecule has 1 aliphatic heterocycles. The van der Waals surface area contributed by atoms with Crippen LogP contribution in [0.4, 0.5) is 8.78 Å². The zero-order valence-electron chi connectivity index (χ0n) is 9.90. The Morgan fingerprint density at radius 1 is 1.72 bits per heavy atom. The second-order valence-electron chi connectivity index (χ2n) is 4.52. The van der Waals surface area contributed by atoms with Gasteiger partial charge in [0.1, 0.15) is 5.76 Å². The fraction of sp³-hybridized carbons (Fsp3) is 0.636. The molecule has 0 bridgehead atoms. The van der Waals surface area contributed by atoms with Crippen molar-refractivity contribution in [1.29, 1.82) is 0 Å². The summed E-state index contributed by atoms with van der Waals surface area (Å²) < 4.78 is 31.2. The molecule has 1 amide bonds. The van der Waals surface area contributed by atoms with Gasteiger partial charge in [-0.25, -0.2) is 8.78 Å². The second kappa shape index (κ2) is 4.64. The predicted octanol–water partition coefficient (Wildman–Crippen LogP) is 0.754. The molecule has 18 heavy (non-hydrogen) atoms. The standard InChI is InChI=1S/C11H14F2N2O3/c1-7-2-8(14-18-7)3-10(17)15-6-11(12,13)4-9(15)5-16/h2,9,16H,3-6H2,1H3. The van der Waals surface area contributed by atoms with E-state index in [0.29, 0.717) is 11.5 Å². The van der Waals surface area contributed by atoms with Gasteiger partial charge in [0.05, 0.1) is 31.3 Å². The molecule has 2 heterocycles. The molecule has 0 saturated carbocycles. The molecule has 1 aromatic heterocycles. The van der Waals surface area contributed by atoms with Crippen molar-refractivity contribution >= 4 is 5.91 Å². The van der Waals surface area contributed by atoms with Gasteiger partial charge in [-0.15, -0.1) is 0 Å². The molecule has 0 radical (unpaired) electrons. The van der Waals surface area contributed by atoms with Crippen LogP contribution in [0.15, 0.2) is 10.6 Å². The normalized spacial score (nSPS) is 22.4. The van der Waals surface area contributed by atoms with Crippen LogP contribution in [0.1, 0.15) is 17.9 Å². The molecule has 100 valence electrons. The van der Waals surface area contributed by atoms with Gasteiger partial charge in [-0.1, -0.05) is 5.16 Å². The summed E-state index contributed by atoms with van der Waals surface area (Å²) in [5.41, 5.74) is 0.407. The van der Waals surface area contributed by atoms with Crippen LogP contribution >= 0.6 is 0 Å². The lowest BCUT2D eigenvalue weighted by atomic mass is 10.2. The molecule has 0 aliphatic carbocycles. The van der Waals surface area contributed by atoms with E-state index in [1.54, 1.807) is 13.0 Å². The van der Waals surface area contributed by atoms with Gasteiger partial charge in [0.15, 0.2) is 0 Å². The number of aromatic nitrogens is 1. The molecule has 2 rings (SSSR count). The molecular weight excluding hydrogens is 246 g/mol. The Labute approximate surface area is 102 Å². The molecule has 1 N–H and O–H groups in total. The molecule has 1 aliphatic rings. The first-order chi connectivity index (χ1) is 8.41. The van der Waals surface area contributed by atoms with Crippen LogP contribution < -0.4 is 0 Å². The van der Waals surface area contributed by atoms with Gasteiger partial charge in [-0.05, 0) is 6.92 Å².